The molecule has 1 amide bonds. The van der Waals surface area contributed by atoms with Gasteiger partial charge < -0.3 is 5.32 Å². The number of carbonyl (C=O) groups is 1. The van der Waals surface area contributed by atoms with Gasteiger partial charge in [0, 0.05) is 15.7 Å². The van der Waals surface area contributed by atoms with Crippen LogP contribution in [0.1, 0.15) is 5.56 Å². The van der Waals surface area contributed by atoms with Crippen molar-refractivity contribution in [2.45, 2.75) is 0 Å². The summed E-state index contributed by atoms with van der Waals surface area (Å²) in [6.45, 7) is 0. The van der Waals surface area contributed by atoms with Gasteiger partial charge in [0.25, 0.3) is 11.6 Å². The van der Waals surface area contributed by atoms with Crippen LogP contribution in [0.4, 0.5) is 11.4 Å². The number of thioether (sulfide) groups is 1. The third-order valence-corrected chi connectivity index (χ3v) is 4.67. The number of nitro benzene ring substituents is 1. The lowest BCUT2D eigenvalue weighted by Gasteiger charge is -1.97. The number of halogens is 1. The summed E-state index contributed by atoms with van der Waals surface area (Å²) in [5.74, 6) is -0.234. The van der Waals surface area contributed by atoms with E-state index in [0.717, 1.165) is 9.26 Å². The lowest BCUT2D eigenvalue weighted by molar-refractivity contribution is -0.384. The van der Waals surface area contributed by atoms with Gasteiger partial charge in [0.2, 0.25) is 0 Å². The highest BCUT2D eigenvalue weighted by Gasteiger charge is 2.23. The van der Waals surface area contributed by atoms with Crippen LogP contribution >= 0.6 is 34.4 Å². The van der Waals surface area contributed by atoms with Gasteiger partial charge in [0.05, 0.1) is 15.5 Å². The van der Waals surface area contributed by atoms with Crippen molar-refractivity contribution in [3.8, 4) is 0 Å². The fourth-order valence-corrected chi connectivity index (χ4v) is 3.36. The molecular weight excluding hydrogens is 441 g/mol. The molecule has 3 rings (SSSR count). The molecule has 0 unspecified atom stereocenters. The Kier molecular flexibility index (Phi) is 4.95. The van der Waals surface area contributed by atoms with Crippen molar-refractivity contribution < 1.29 is 9.72 Å². The first-order valence-corrected chi connectivity index (χ1v) is 8.70. The highest BCUT2D eigenvalue weighted by atomic mass is 127. The molecule has 6 nitrogen and oxygen atoms in total. The molecule has 1 aliphatic rings. The Labute approximate surface area is 155 Å². The largest absolute Gasteiger partial charge is 0.300 e. The summed E-state index contributed by atoms with van der Waals surface area (Å²) in [4.78, 5) is 27.1. The summed E-state index contributed by atoms with van der Waals surface area (Å²) in [6, 6.07) is 13.7. The summed E-state index contributed by atoms with van der Waals surface area (Å²) in [6.07, 6.45) is 1.68. The van der Waals surface area contributed by atoms with E-state index in [2.05, 4.69) is 32.9 Å². The van der Waals surface area contributed by atoms with Crippen LogP contribution in [0.3, 0.4) is 0 Å². The van der Waals surface area contributed by atoms with Crippen molar-refractivity contribution in [3.63, 3.8) is 0 Å². The number of nitrogens with zero attached hydrogens (tertiary/aromatic N) is 2. The van der Waals surface area contributed by atoms with E-state index in [4.69, 9.17) is 0 Å². The molecule has 0 radical (unpaired) electrons. The first-order chi connectivity index (χ1) is 11.5. The monoisotopic (exact) mass is 451 g/mol. The molecule has 1 aliphatic heterocycles. The molecule has 1 fully saturated rings. The number of nitro groups is 1. The van der Waals surface area contributed by atoms with Crippen LogP contribution in [-0.4, -0.2) is 16.0 Å². The molecule has 0 aromatic heterocycles. The smallest absolute Gasteiger partial charge is 0.269 e. The molecule has 0 atom stereocenters. The molecule has 120 valence electrons. The van der Waals surface area contributed by atoms with Crippen LogP contribution in [0.2, 0.25) is 0 Å². The Morgan fingerprint density at radius 1 is 1.21 bits per heavy atom. The SMILES string of the molecule is O=C1NC(=Nc2cccc(I)c2)S/C1=C/c1ccc([N+](=O)[O-])cc1. The summed E-state index contributed by atoms with van der Waals surface area (Å²) >= 11 is 3.44. The summed E-state index contributed by atoms with van der Waals surface area (Å²) in [5, 5.41) is 13.9. The first kappa shape index (κ1) is 16.7. The lowest BCUT2D eigenvalue weighted by Crippen LogP contribution is -2.19. The maximum absolute atomic E-state index is 12.0. The zero-order valence-corrected chi connectivity index (χ0v) is 15.1. The summed E-state index contributed by atoms with van der Waals surface area (Å²) in [7, 11) is 0. The molecule has 0 saturated carbocycles. The number of aliphatic imine (C=N–C) groups is 1. The predicted octanol–water partition coefficient (Wildman–Crippen LogP) is 4.09. The minimum atomic E-state index is -0.458. The minimum Gasteiger partial charge on any atom is -0.300 e. The van der Waals surface area contributed by atoms with Crippen molar-refractivity contribution in [1.29, 1.82) is 0 Å². The van der Waals surface area contributed by atoms with Gasteiger partial charge >= 0.3 is 0 Å². The van der Waals surface area contributed by atoms with E-state index in [-0.39, 0.29) is 11.6 Å². The number of nitrogens with one attached hydrogen (secondary N) is 1. The van der Waals surface area contributed by atoms with E-state index in [1.807, 2.05) is 24.3 Å². The van der Waals surface area contributed by atoms with Crippen LogP contribution in [0, 0.1) is 13.7 Å². The standard InChI is InChI=1S/C16H10IN3O3S/c17-11-2-1-3-12(9-11)18-16-19-15(21)14(24-16)8-10-4-6-13(7-5-10)20(22)23/h1-9H,(H,18,19,21)/b14-8+. The van der Waals surface area contributed by atoms with Crippen LogP contribution in [0.25, 0.3) is 6.08 Å². The second-order valence-electron chi connectivity index (χ2n) is 4.81. The zero-order valence-electron chi connectivity index (χ0n) is 12.1. The second kappa shape index (κ2) is 7.14. The number of hydrogen-bond acceptors (Lipinski definition) is 5. The average Bonchev–Trinajstić information content (AvgIpc) is 2.87. The minimum absolute atomic E-state index is 0.0154. The number of carbonyl (C=O) groups excluding carboxylic acids is 1. The average molecular weight is 451 g/mol. The molecule has 1 heterocycles. The molecule has 24 heavy (non-hydrogen) atoms. The number of benzene rings is 2. The van der Waals surface area contributed by atoms with Gasteiger partial charge in [-0.15, -0.1) is 0 Å². The fourth-order valence-electron chi connectivity index (χ4n) is 1.99. The van der Waals surface area contributed by atoms with Crippen molar-refractivity contribution in [2.24, 2.45) is 4.99 Å². The Bertz CT molecular complexity index is 878. The van der Waals surface area contributed by atoms with Crippen molar-refractivity contribution in [2.75, 3.05) is 0 Å². The van der Waals surface area contributed by atoms with Crippen LogP contribution < -0.4 is 5.32 Å². The van der Waals surface area contributed by atoms with E-state index in [9.17, 15) is 14.9 Å². The van der Waals surface area contributed by atoms with Gasteiger partial charge in [-0.25, -0.2) is 4.99 Å². The van der Waals surface area contributed by atoms with Gasteiger partial charge in [0.1, 0.15) is 0 Å². The van der Waals surface area contributed by atoms with E-state index < -0.39 is 4.92 Å². The molecule has 1 N–H and O–H groups in total. The summed E-state index contributed by atoms with van der Waals surface area (Å²) < 4.78 is 1.06. The van der Waals surface area contributed by atoms with E-state index in [1.54, 1.807) is 18.2 Å². The van der Waals surface area contributed by atoms with Gasteiger partial charge in [-0.05, 0) is 76.3 Å². The van der Waals surface area contributed by atoms with Crippen LogP contribution in [-0.2, 0) is 4.79 Å². The molecule has 0 bridgehead atoms. The molecule has 1 saturated heterocycles. The maximum Gasteiger partial charge on any atom is 0.269 e. The van der Waals surface area contributed by atoms with Crippen LogP contribution in [0.5, 0.6) is 0 Å². The molecular formula is C16H10IN3O3S. The van der Waals surface area contributed by atoms with Gasteiger partial charge in [0.15, 0.2) is 5.17 Å². The first-order valence-electron chi connectivity index (χ1n) is 6.81. The Morgan fingerprint density at radius 3 is 2.62 bits per heavy atom. The van der Waals surface area contributed by atoms with Crippen LogP contribution in [0.15, 0.2) is 58.4 Å². The Morgan fingerprint density at radius 2 is 1.96 bits per heavy atom. The van der Waals surface area contributed by atoms with Gasteiger partial charge in [-0.3, -0.25) is 14.9 Å². The van der Waals surface area contributed by atoms with E-state index >= 15 is 0 Å². The van der Waals surface area contributed by atoms with E-state index in [0.29, 0.717) is 15.6 Å². The highest BCUT2D eigenvalue weighted by molar-refractivity contribution is 14.1. The lowest BCUT2D eigenvalue weighted by atomic mass is 10.2. The van der Waals surface area contributed by atoms with Crippen molar-refractivity contribution in [1.82, 2.24) is 5.32 Å². The number of rotatable bonds is 3. The number of non-ortho nitro benzene ring substituents is 1. The van der Waals surface area contributed by atoms with Gasteiger partial charge in [-0.1, -0.05) is 6.07 Å². The Hall–Kier alpha value is -2.20. The second-order valence-corrected chi connectivity index (χ2v) is 7.09. The number of amidine groups is 1. The third kappa shape index (κ3) is 4.01. The van der Waals surface area contributed by atoms with Crippen molar-refractivity contribution in [3.05, 3.63) is 72.7 Å². The Balaban J connectivity index is 1.80. The topological polar surface area (TPSA) is 84.6 Å². The fraction of sp³-hybridized carbons (Fsp3) is 0. The summed E-state index contributed by atoms with van der Waals surface area (Å²) in [5.41, 5.74) is 1.50. The molecule has 2 aromatic rings. The molecule has 0 aliphatic carbocycles. The van der Waals surface area contributed by atoms with Crippen molar-refractivity contribution >= 4 is 62.9 Å². The zero-order chi connectivity index (χ0) is 17.1. The highest BCUT2D eigenvalue weighted by Crippen LogP contribution is 2.28. The molecule has 8 heteroatoms. The van der Waals surface area contributed by atoms with Gasteiger partial charge in [-0.2, -0.15) is 0 Å². The quantitative estimate of drug-likeness (QED) is 0.330. The molecule has 0 spiro atoms. The normalized spacial score (nSPS) is 17.3. The number of amides is 1. The molecule has 2 aromatic carbocycles. The maximum atomic E-state index is 12.0. The van der Waals surface area contributed by atoms with E-state index in [1.165, 1.54) is 23.9 Å². The third-order valence-electron chi connectivity index (χ3n) is 3.09. The predicted molar refractivity (Wildman–Crippen MR) is 103 cm³/mol. The number of hydrogen-bond donors (Lipinski definition) is 1.